The topological polar surface area (TPSA) is 26.3 Å². The summed E-state index contributed by atoms with van der Waals surface area (Å²) in [5, 5.41) is 0. The molecule has 0 heterocycles. The van der Waals surface area contributed by atoms with Crippen LogP contribution < -0.4 is 0 Å². The van der Waals surface area contributed by atoms with Crippen LogP contribution >= 0.6 is 11.6 Å². The molecule has 2 nitrogen and oxygen atoms in total. The number of rotatable bonds is 6. The minimum absolute atomic E-state index is 0.305. The van der Waals surface area contributed by atoms with Crippen LogP contribution in [0.25, 0.3) is 0 Å². The summed E-state index contributed by atoms with van der Waals surface area (Å²) in [5.41, 5.74) is 1.25. The number of carbonyl (C=O) groups excluding carboxylic acids is 1. The molecule has 0 fully saturated rings. The summed E-state index contributed by atoms with van der Waals surface area (Å²) in [5.74, 6) is -0.744. The Morgan fingerprint density at radius 2 is 1.48 bits per heavy atom. The first kappa shape index (κ1) is 15.6. The molecule has 0 amide bonds. The predicted molar refractivity (Wildman–Crippen MR) is 85.4 cm³/mol. The number of esters is 1. The molecule has 0 bridgehead atoms. The zero-order chi connectivity index (χ0) is 15.1. The Balaban J connectivity index is 2.27. The van der Waals surface area contributed by atoms with Crippen molar-refractivity contribution in [1.29, 1.82) is 0 Å². The van der Waals surface area contributed by atoms with Gasteiger partial charge in [-0.05, 0) is 17.5 Å². The third kappa shape index (κ3) is 4.33. The van der Waals surface area contributed by atoms with Gasteiger partial charge in [-0.3, -0.25) is 4.79 Å². The van der Waals surface area contributed by atoms with Crippen LogP contribution in [-0.4, -0.2) is 11.5 Å². The molecule has 3 heteroatoms. The summed E-state index contributed by atoms with van der Waals surface area (Å²) in [6.07, 6.45) is 1.53. The Bertz CT molecular complexity index is 514. The molecule has 0 N–H and O–H groups in total. The Kier molecular flexibility index (Phi) is 5.82. The molecule has 2 aromatic carbocycles. The third-order valence-corrected chi connectivity index (χ3v) is 3.57. The van der Waals surface area contributed by atoms with E-state index in [9.17, 15) is 4.79 Å². The molecular formula is C18H19ClO2. The van der Waals surface area contributed by atoms with Gasteiger partial charge < -0.3 is 4.74 Å². The van der Waals surface area contributed by atoms with Gasteiger partial charge in [0.15, 0.2) is 5.56 Å². The lowest BCUT2D eigenvalue weighted by atomic mass is 9.91. The lowest BCUT2D eigenvalue weighted by Crippen LogP contribution is -2.21. The predicted octanol–water partition coefficient (Wildman–Crippen LogP) is 4.73. The Morgan fingerprint density at radius 1 is 1.00 bits per heavy atom. The number of hydrogen-bond donors (Lipinski definition) is 0. The number of alkyl halides is 1. The summed E-state index contributed by atoms with van der Waals surface area (Å²) < 4.78 is 5.39. The van der Waals surface area contributed by atoms with E-state index in [0.29, 0.717) is 6.42 Å². The monoisotopic (exact) mass is 302 g/mol. The van der Waals surface area contributed by atoms with E-state index in [0.717, 1.165) is 17.5 Å². The maximum atomic E-state index is 12.5. The quantitative estimate of drug-likeness (QED) is 0.570. The maximum absolute atomic E-state index is 12.5. The minimum Gasteiger partial charge on any atom is -0.445 e. The average molecular weight is 303 g/mol. The Hall–Kier alpha value is -1.80. The highest BCUT2D eigenvalue weighted by molar-refractivity contribution is 6.20. The smallest absolute Gasteiger partial charge is 0.319 e. The third-order valence-electron chi connectivity index (χ3n) is 3.26. The van der Waals surface area contributed by atoms with Gasteiger partial charge in [-0.25, -0.2) is 0 Å². The molecule has 1 unspecified atom stereocenters. The molecule has 0 spiro atoms. The molecule has 0 saturated heterocycles. The van der Waals surface area contributed by atoms with Crippen LogP contribution in [0, 0.1) is 0 Å². The van der Waals surface area contributed by atoms with Gasteiger partial charge in [0.1, 0.15) is 5.92 Å². The second kappa shape index (κ2) is 7.84. The molecule has 0 saturated carbocycles. The molecule has 0 aliphatic rings. The number of hydrogen-bond acceptors (Lipinski definition) is 2. The van der Waals surface area contributed by atoms with Crippen molar-refractivity contribution in [1.82, 2.24) is 0 Å². The van der Waals surface area contributed by atoms with Crippen molar-refractivity contribution in [3.63, 3.8) is 0 Å². The molecule has 0 aliphatic heterocycles. The van der Waals surface area contributed by atoms with E-state index in [1.807, 2.05) is 67.6 Å². The van der Waals surface area contributed by atoms with E-state index in [1.54, 1.807) is 0 Å². The van der Waals surface area contributed by atoms with Gasteiger partial charge in [-0.15, -0.1) is 0 Å². The van der Waals surface area contributed by atoms with Gasteiger partial charge in [0, 0.05) is 0 Å². The lowest BCUT2D eigenvalue weighted by molar-refractivity contribution is -0.146. The van der Waals surface area contributed by atoms with E-state index in [2.05, 4.69) is 0 Å². The number of carbonyl (C=O) groups is 1. The maximum Gasteiger partial charge on any atom is 0.319 e. The standard InChI is InChI=1S/C18H19ClO2/c1-2-9-16(19)21-18(20)17(14-10-5-3-6-11-14)15-12-7-4-8-13-15/h3-8,10-13,16-17H,2,9H2,1H3. The fourth-order valence-electron chi connectivity index (χ4n) is 2.24. The van der Waals surface area contributed by atoms with Gasteiger partial charge in [-0.1, -0.05) is 85.6 Å². The summed E-state index contributed by atoms with van der Waals surface area (Å²) in [6.45, 7) is 2.01. The first-order valence-electron chi connectivity index (χ1n) is 7.16. The molecule has 0 aromatic heterocycles. The van der Waals surface area contributed by atoms with Crippen molar-refractivity contribution in [3.05, 3.63) is 71.8 Å². The van der Waals surface area contributed by atoms with Gasteiger partial charge in [0.2, 0.25) is 0 Å². The highest BCUT2D eigenvalue weighted by Crippen LogP contribution is 2.27. The molecule has 2 aromatic rings. The normalized spacial score (nSPS) is 12.1. The van der Waals surface area contributed by atoms with Crippen molar-refractivity contribution < 1.29 is 9.53 Å². The second-order valence-electron chi connectivity index (χ2n) is 4.89. The van der Waals surface area contributed by atoms with Crippen molar-refractivity contribution in [2.24, 2.45) is 0 Å². The van der Waals surface area contributed by atoms with Gasteiger partial charge in [0.25, 0.3) is 0 Å². The number of halogens is 1. The van der Waals surface area contributed by atoms with Crippen LogP contribution in [0.4, 0.5) is 0 Å². The summed E-state index contributed by atoms with van der Waals surface area (Å²) in [4.78, 5) is 12.5. The van der Waals surface area contributed by atoms with Crippen LogP contribution in [0.3, 0.4) is 0 Å². The fourth-order valence-corrected chi connectivity index (χ4v) is 2.54. The van der Waals surface area contributed by atoms with Gasteiger partial charge in [0.05, 0.1) is 0 Å². The molecular weight excluding hydrogens is 284 g/mol. The SMILES string of the molecule is CCCC(Cl)OC(=O)C(c1ccccc1)c1ccccc1. The van der Waals surface area contributed by atoms with Crippen LogP contribution in [0.1, 0.15) is 36.8 Å². The summed E-state index contributed by atoms with van der Waals surface area (Å²) in [7, 11) is 0. The van der Waals surface area contributed by atoms with Crippen LogP contribution in [0.2, 0.25) is 0 Å². The van der Waals surface area contributed by atoms with Crippen LogP contribution in [0.5, 0.6) is 0 Å². The molecule has 0 aliphatic carbocycles. The first-order valence-corrected chi connectivity index (χ1v) is 7.60. The largest absolute Gasteiger partial charge is 0.445 e. The Morgan fingerprint density at radius 3 is 1.90 bits per heavy atom. The van der Waals surface area contributed by atoms with E-state index in [1.165, 1.54) is 0 Å². The number of ether oxygens (including phenoxy) is 1. The van der Waals surface area contributed by atoms with Crippen molar-refractivity contribution in [2.45, 2.75) is 31.2 Å². The second-order valence-corrected chi connectivity index (χ2v) is 5.38. The lowest BCUT2D eigenvalue weighted by Gasteiger charge is -2.19. The summed E-state index contributed by atoms with van der Waals surface area (Å²) in [6, 6.07) is 19.3. The Labute approximate surface area is 130 Å². The van der Waals surface area contributed by atoms with Crippen molar-refractivity contribution >= 4 is 17.6 Å². The summed E-state index contributed by atoms with van der Waals surface area (Å²) >= 11 is 6.05. The highest BCUT2D eigenvalue weighted by Gasteiger charge is 2.25. The van der Waals surface area contributed by atoms with Crippen molar-refractivity contribution in [2.75, 3.05) is 0 Å². The fraction of sp³-hybridized carbons (Fsp3) is 0.278. The van der Waals surface area contributed by atoms with E-state index in [-0.39, 0.29) is 5.97 Å². The van der Waals surface area contributed by atoms with E-state index >= 15 is 0 Å². The first-order chi connectivity index (χ1) is 10.2. The molecule has 2 rings (SSSR count). The van der Waals surface area contributed by atoms with E-state index in [4.69, 9.17) is 16.3 Å². The zero-order valence-electron chi connectivity index (χ0n) is 12.0. The van der Waals surface area contributed by atoms with Crippen LogP contribution in [0.15, 0.2) is 60.7 Å². The number of benzene rings is 2. The molecule has 0 radical (unpaired) electrons. The minimum atomic E-state index is -0.572. The molecule has 1 atom stereocenters. The van der Waals surface area contributed by atoms with Crippen LogP contribution in [-0.2, 0) is 9.53 Å². The van der Waals surface area contributed by atoms with Gasteiger partial charge >= 0.3 is 5.97 Å². The van der Waals surface area contributed by atoms with Crippen molar-refractivity contribution in [3.8, 4) is 0 Å². The zero-order valence-corrected chi connectivity index (χ0v) is 12.8. The van der Waals surface area contributed by atoms with Gasteiger partial charge in [-0.2, -0.15) is 0 Å². The van der Waals surface area contributed by atoms with E-state index < -0.39 is 11.5 Å². The average Bonchev–Trinajstić information content (AvgIpc) is 2.50. The molecule has 110 valence electrons. The molecule has 21 heavy (non-hydrogen) atoms. The highest BCUT2D eigenvalue weighted by atomic mass is 35.5.